The molecule has 2 aromatic rings. The van der Waals surface area contributed by atoms with Gasteiger partial charge in [-0.25, -0.2) is 5.01 Å². The van der Waals surface area contributed by atoms with E-state index in [9.17, 15) is 5.11 Å². The van der Waals surface area contributed by atoms with E-state index in [-0.39, 0.29) is 11.8 Å². The highest BCUT2D eigenvalue weighted by molar-refractivity contribution is 6.02. The topological polar surface area (TPSA) is 57.5 Å². The standard InChI is InChI=1S/C24H29N3O3/c1-16(2)26-13-11-24(12-14-26)27-21(19-5-4-6-22(29-3)23(19)30-24)15-20(25-27)17-7-9-18(28)10-8-17/h4-10,16,21,28H,11-15H2,1-3H3/t21-/m1/s1. The molecular formula is C24H29N3O3. The average molecular weight is 408 g/mol. The molecule has 1 spiro atoms. The van der Waals surface area contributed by atoms with Crippen molar-refractivity contribution in [2.24, 2.45) is 5.10 Å². The van der Waals surface area contributed by atoms with E-state index in [1.165, 1.54) is 0 Å². The lowest BCUT2D eigenvalue weighted by molar-refractivity contribution is -0.153. The molecule has 0 aromatic heterocycles. The van der Waals surface area contributed by atoms with Gasteiger partial charge in [0.05, 0.1) is 18.9 Å². The second kappa shape index (κ2) is 7.20. The lowest BCUT2D eigenvalue weighted by atomic mass is 9.90. The number of benzene rings is 2. The van der Waals surface area contributed by atoms with Gasteiger partial charge in [0.2, 0.25) is 5.72 Å². The molecule has 3 heterocycles. The number of para-hydroxylation sites is 1. The summed E-state index contributed by atoms with van der Waals surface area (Å²) in [4.78, 5) is 2.50. The molecule has 3 aliphatic heterocycles. The van der Waals surface area contributed by atoms with Crippen LogP contribution in [0.3, 0.4) is 0 Å². The van der Waals surface area contributed by atoms with Gasteiger partial charge in [0, 0.05) is 44.0 Å². The van der Waals surface area contributed by atoms with Gasteiger partial charge in [-0.2, -0.15) is 5.10 Å². The Hall–Kier alpha value is -2.73. The molecule has 6 nitrogen and oxygen atoms in total. The van der Waals surface area contributed by atoms with Gasteiger partial charge in [0.25, 0.3) is 0 Å². The number of piperidine rings is 1. The van der Waals surface area contributed by atoms with Crippen LogP contribution in [0.5, 0.6) is 17.2 Å². The first-order chi connectivity index (χ1) is 14.5. The molecule has 1 fully saturated rings. The molecule has 1 N–H and O–H groups in total. The molecule has 6 heteroatoms. The van der Waals surface area contributed by atoms with Crippen LogP contribution in [-0.4, -0.2) is 52.7 Å². The third-order valence-corrected chi connectivity index (χ3v) is 6.72. The van der Waals surface area contributed by atoms with Gasteiger partial charge in [-0.15, -0.1) is 0 Å². The molecule has 0 bridgehead atoms. The molecule has 0 aliphatic carbocycles. The Kier molecular flexibility index (Phi) is 4.62. The second-order valence-electron chi connectivity index (χ2n) is 8.71. The van der Waals surface area contributed by atoms with Crippen molar-refractivity contribution in [1.29, 1.82) is 0 Å². The van der Waals surface area contributed by atoms with Crippen molar-refractivity contribution in [3.8, 4) is 17.2 Å². The average Bonchev–Trinajstić information content (AvgIpc) is 3.21. The highest BCUT2D eigenvalue weighted by Gasteiger charge is 2.52. The molecule has 2 aromatic carbocycles. The highest BCUT2D eigenvalue weighted by Crippen LogP contribution is 2.52. The van der Waals surface area contributed by atoms with E-state index in [2.05, 4.69) is 29.8 Å². The van der Waals surface area contributed by atoms with Gasteiger partial charge in [0.15, 0.2) is 11.5 Å². The predicted octanol–water partition coefficient (Wildman–Crippen LogP) is 4.14. The zero-order chi connectivity index (χ0) is 20.9. The van der Waals surface area contributed by atoms with Crippen LogP contribution in [0.25, 0.3) is 0 Å². The number of hydrogen-bond acceptors (Lipinski definition) is 6. The van der Waals surface area contributed by atoms with E-state index >= 15 is 0 Å². The van der Waals surface area contributed by atoms with E-state index in [1.807, 2.05) is 24.3 Å². The maximum atomic E-state index is 9.67. The number of methoxy groups -OCH3 is 1. The van der Waals surface area contributed by atoms with Gasteiger partial charge in [-0.3, -0.25) is 0 Å². The largest absolute Gasteiger partial charge is 0.508 e. The van der Waals surface area contributed by atoms with Crippen LogP contribution < -0.4 is 9.47 Å². The number of hydrogen-bond donors (Lipinski definition) is 1. The zero-order valence-electron chi connectivity index (χ0n) is 17.8. The van der Waals surface area contributed by atoms with Crippen LogP contribution in [0.4, 0.5) is 0 Å². The normalized spacial score (nSPS) is 22.5. The van der Waals surface area contributed by atoms with E-state index in [0.717, 1.165) is 60.7 Å². The number of aromatic hydroxyl groups is 1. The van der Waals surface area contributed by atoms with Crippen molar-refractivity contribution in [3.05, 3.63) is 53.6 Å². The van der Waals surface area contributed by atoms with Crippen LogP contribution >= 0.6 is 0 Å². The molecule has 0 amide bonds. The number of ether oxygens (including phenoxy) is 2. The van der Waals surface area contributed by atoms with Crippen molar-refractivity contribution >= 4 is 5.71 Å². The first-order valence-corrected chi connectivity index (χ1v) is 10.8. The van der Waals surface area contributed by atoms with Gasteiger partial charge in [-0.05, 0) is 49.7 Å². The summed E-state index contributed by atoms with van der Waals surface area (Å²) in [6.45, 7) is 6.46. The molecule has 1 atom stereocenters. The summed E-state index contributed by atoms with van der Waals surface area (Å²) in [6, 6.07) is 14.1. The fourth-order valence-electron chi connectivity index (χ4n) is 4.98. The Bertz CT molecular complexity index is 962. The fourth-order valence-corrected chi connectivity index (χ4v) is 4.98. The van der Waals surface area contributed by atoms with Crippen molar-refractivity contribution in [2.75, 3.05) is 20.2 Å². The van der Waals surface area contributed by atoms with E-state index in [0.29, 0.717) is 6.04 Å². The minimum absolute atomic E-state index is 0.123. The van der Waals surface area contributed by atoms with Crippen LogP contribution in [0, 0.1) is 0 Å². The maximum Gasteiger partial charge on any atom is 0.200 e. The fraction of sp³-hybridized carbons (Fsp3) is 0.458. The third kappa shape index (κ3) is 3.01. The SMILES string of the molecule is COc1cccc2c1OC1(CCN(C(C)C)CC1)N1N=C(c3ccc(O)cc3)C[C@H]21. The number of nitrogens with zero attached hydrogens (tertiary/aromatic N) is 3. The number of rotatable bonds is 3. The molecule has 0 saturated carbocycles. The molecule has 0 unspecified atom stereocenters. The summed E-state index contributed by atoms with van der Waals surface area (Å²) >= 11 is 0. The monoisotopic (exact) mass is 407 g/mol. The molecule has 3 aliphatic rings. The van der Waals surface area contributed by atoms with E-state index in [4.69, 9.17) is 14.6 Å². The van der Waals surface area contributed by atoms with Gasteiger partial charge in [-0.1, -0.05) is 12.1 Å². The Labute approximate surface area is 177 Å². The summed E-state index contributed by atoms with van der Waals surface area (Å²) in [5.41, 5.74) is 2.74. The van der Waals surface area contributed by atoms with Crippen LogP contribution in [-0.2, 0) is 0 Å². The van der Waals surface area contributed by atoms with E-state index in [1.54, 1.807) is 19.2 Å². The summed E-state index contributed by atoms with van der Waals surface area (Å²) in [7, 11) is 1.70. The Balaban J connectivity index is 1.56. The quantitative estimate of drug-likeness (QED) is 0.829. The number of hydrazone groups is 1. The summed E-state index contributed by atoms with van der Waals surface area (Å²) in [6.07, 6.45) is 2.60. The molecule has 30 heavy (non-hydrogen) atoms. The van der Waals surface area contributed by atoms with Gasteiger partial charge < -0.3 is 19.5 Å². The van der Waals surface area contributed by atoms with Crippen molar-refractivity contribution in [2.45, 2.75) is 50.9 Å². The number of likely N-dealkylation sites (tertiary alicyclic amines) is 1. The van der Waals surface area contributed by atoms with Gasteiger partial charge >= 0.3 is 0 Å². The summed E-state index contributed by atoms with van der Waals surface area (Å²) < 4.78 is 12.4. The first kappa shape index (κ1) is 19.2. The minimum Gasteiger partial charge on any atom is -0.508 e. The highest BCUT2D eigenvalue weighted by atomic mass is 16.5. The Morgan fingerprint density at radius 2 is 1.87 bits per heavy atom. The van der Waals surface area contributed by atoms with Crippen molar-refractivity contribution < 1.29 is 14.6 Å². The maximum absolute atomic E-state index is 9.67. The van der Waals surface area contributed by atoms with Gasteiger partial charge in [0.1, 0.15) is 5.75 Å². The summed E-state index contributed by atoms with van der Waals surface area (Å²) in [5.74, 6) is 1.92. The first-order valence-electron chi connectivity index (χ1n) is 10.8. The predicted molar refractivity (Wildman–Crippen MR) is 116 cm³/mol. The number of fused-ring (bicyclic) bond motifs is 4. The zero-order valence-corrected chi connectivity index (χ0v) is 17.8. The molecule has 0 radical (unpaired) electrons. The Morgan fingerprint density at radius 3 is 2.53 bits per heavy atom. The molecule has 1 saturated heterocycles. The van der Waals surface area contributed by atoms with Crippen molar-refractivity contribution in [1.82, 2.24) is 9.91 Å². The third-order valence-electron chi connectivity index (χ3n) is 6.72. The lowest BCUT2D eigenvalue weighted by Gasteiger charge is -2.51. The summed E-state index contributed by atoms with van der Waals surface area (Å²) in [5, 5.41) is 17.0. The second-order valence-corrected chi connectivity index (χ2v) is 8.71. The smallest absolute Gasteiger partial charge is 0.200 e. The number of phenols is 1. The van der Waals surface area contributed by atoms with E-state index < -0.39 is 5.72 Å². The lowest BCUT2D eigenvalue weighted by Crippen LogP contribution is -2.59. The molecule has 5 rings (SSSR count). The van der Waals surface area contributed by atoms with Crippen LogP contribution in [0.1, 0.15) is 50.3 Å². The molecular weight excluding hydrogens is 378 g/mol. The van der Waals surface area contributed by atoms with Crippen LogP contribution in [0.15, 0.2) is 47.6 Å². The minimum atomic E-state index is -0.462. The van der Waals surface area contributed by atoms with Crippen LogP contribution in [0.2, 0.25) is 0 Å². The number of phenolic OH excluding ortho intramolecular Hbond substituents is 1. The molecule has 158 valence electrons. The Morgan fingerprint density at radius 1 is 1.13 bits per heavy atom. The van der Waals surface area contributed by atoms with Crippen molar-refractivity contribution in [3.63, 3.8) is 0 Å².